The fraction of sp³-hybridized carbons (Fsp3) is 0.269. The monoisotopic (exact) mass is 516 g/mol. The van der Waals surface area contributed by atoms with Crippen LogP contribution in [0.5, 0.6) is 5.75 Å². The van der Waals surface area contributed by atoms with E-state index in [4.69, 9.17) is 16.3 Å². The molecule has 10 heteroatoms. The molecule has 1 amide bonds. The number of alkyl halides is 3. The van der Waals surface area contributed by atoms with Crippen LogP contribution in [0.25, 0.3) is 0 Å². The van der Waals surface area contributed by atoms with Crippen molar-refractivity contribution >= 4 is 40.3 Å². The number of anilines is 4. The Bertz CT molecular complexity index is 1370. The smallest absolute Gasteiger partial charge is 0.416 e. The maximum atomic E-state index is 13.2. The number of ether oxygens (including phenoxy) is 1. The molecule has 0 saturated heterocycles. The number of benzene rings is 3. The third-order valence-electron chi connectivity index (χ3n) is 6.06. The second-order valence-electron chi connectivity index (χ2n) is 9.57. The highest BCUT2D eigenvalue weighted by Crippen LogP contribution is 2.48. The van der Waals surface area contributed by atoms with Gasteiger partial charge in [0.25, 0.3) is 5.91 Å². The van der Waals surface area contributed by atoms with Gasteiger partial charge in [0.15, 0.2) is 6.29 Å². The lowest BCUT2D eigenvalue weighted by Gasteiger charge is -2.18. The molecule has 0 radical (unpaired) electrons. The molecule has 4 N–H and O–H groups in total. The van der Waals surface area contributed by atoms with Gasteiger partial charge in [-0.1, -0.05) is 23.7 Å². The van der Waals surface area contributed by atoms with Crippen LogP contribution in [-0.4, -0.2) is 17.8 Å². The Balaban J connectivity index is 1.45. The van der Waals surface area contributed by atoms with E-state index in [1.807, 2.05) is 39.0 Å². The number of carbonyl (C=O) groups excluding carboxylic acids is 1. The lowest BCUT2D eigenvalue weighted by molar-refractivity contribution is -0.137. The first-order chi connectivity index (χ1) is 16.9. The zero-order chi connectivity index (χ0) is 25.8. The molecule has 2 aliphatic heterocycles. The summed E-state index contributed by atoms with van der Waals surface area (Å²) in [6, 6.07) is 11.8. The van der Waals surface area contributed by atoms with Gasteiger partial charge in [-0.3, -0.25) is 4.79 Å². The van der Waals surface area contributed by atoms with Crippen molar-refractivity contribution in [2.75, 3.05) is 21.3 Å². The summed E-state index contributed by atoms with van der Waals surface area (Å²) in [4.78, 5) is 13.2. The highest BCUT2D eigenvalue weighted by atomic mass is 35.5. The van der Waals surface area contributed by atoms with Crippen LogP contribution in [0.4, 0.5) is 35.9 Å². The van der Waals surface area contributed by atoms with Crippen LogP contribution in [-0.2, 0) is 12.6 Å². The van der Waals surface area contributed by atoms with Crippen molar-refractivity contribution in [2.24, 2.45) is 0 Å². The maximum Gasteiger partial charge on any atom is 0.416 e. The third kappa shape index (κ3) is 4.63. The Labute approximate surface area is 211 Å². The number of carbonyl (C=O) groups is 1. The van der Waals surface area contributed by atoms with Crippen molar-refractivity contribution in [3.8, 4) is 5.75 Å². The highest BCUT2D eigenvalue weighted by Gasteiger charge is 2.39. The maximum absolute atomic E-state index is 13.2. The Hall–Kier alpha value is -3.59. The summed E-state index contributed by atoms with van der Waals surface area (Å²) in [5.74, 6) is -0.155. The molecule has 2 heterocycles. The van der Waals surface area contributed by atoms with E-state index in [1.165, 1.54) is 12.1 Å². The van der Waals surface area contributed by atoms with E-state index in [0.717, 1.165) is 34.6 Å². The summed E-state index contributed by atoms with van der Waals surface area (Å²) in [5, 5.41) is 13.2. The molecular formula is C26H24ClF3N4O2. The van der Waals surface area contributed by atoms with Gasteiger partial charge in [-0.15, -0.1) is 0 Å². The average molecular weight is 517 g/mol. The standard InChI is InChI=1S/C26H24ClF3N4O2/c1-13-7-8-18(27)19(9-13)32-24-33-20-11-16(22-17(21(20)34-24)12-25(2,3)36-22)23(35)31-15-6-4-5-14(10-15)26(28,29)30/h4-11,24,32-34H,12H2,1-3H3,(H,31,35). The molecule has 0 aromatic heterocycles. The molecule has 36 heavy (non-hydrogen) atoms. The number of amides is 1. The topological polar surface area (TPSA) is 74.4 Å². The van der Waals surface area contributed by atoms with E-state index in [0.29, 0.717) is 22.9 Å². The minimum atomic E-state index is -4.51. The fourth-order valence-electron chi connectivity index (χ4n) is 4.48. The number of rotatable bonds is 4. The molecular weight excluding hydrogens is 493 g/mol. The van der Waals surface area contributed by atoms with E-state index in [2.05, 4.69) is 21.3 Å². The lowest BCUT2D eigenvalue weighted by atomic mass is 9.97. The summed E-state index contributed by atoms with van der Waals surface area (Å²) in [7, 11) is 0. The Morgan fingerprint density at radius 3 is 2.67 bits per heavy atom. The van der Waals surface area contributed by atoms with Crippen LogP contribution in [0.15, 0.2) is 48.5 Å². The predicted octanol–water partition coefficient (Wildman–Crippen LogP) is 6.87. The molecule has 0 spiro atoms. The number of aryl methyl sites for hydroxylation is 1. The summed E-state index contributed by atoms with van der Waals surface area (Å²) in [6.45, 7) is 5.80. The first-order valence-corrected chi connectivity index (χ1v) is 11.7. The van der Waals surface area contributed by atoms with Gasteiger partial charge in [0.05, 0.1) is 33.2 Å². The van der Waals surface area contributed by atoms with E-state index in [-0.39, 0.29) is 11.3 Å². The Morgan fingerprint density at radius 2 is 1.92 bits per heavy atom. The molecule has 1 atom stereocenters. The molecule has 0 saturated carbocycles. The lowest BCUT2D eigenvalue weighted by Crippen LogP contribution is -2.31. The number of nitrogens with one attached hydrogen (secondary N) is 4. The van der Waals surface area contributed by atoms with Crippen molar-refractivity contribution in [3.05, 3.63) is 75.8 Å². The SMILES string of the molecule is Cc1ccc(Cl)c(NC2Nc3cc(C(=O)Nc4cccc(C(F)(F)F)c4)c4c(c3N2)CC(C)(C)O4)c1. The van der Waals surface area contributed by atoms with Gasteiger partial charge in [0.1, 0.15) is 11.4 Å². The summed E-state index contributed by atoms with van der Waals surface area (Å²) in [5.41, 5.74) is 2.95. The number of hydrogen-bond donors (Lipinski definition) is 4. The normalized spacial score (nSPS) is 17.4. The van der Waals surface area contributed by atoms with E-state index < -0.39 is 29.5 Å². The molecule has 2 aliphatic rings. The molecule has 0 aliphatic carbocycles. The van der Waals surface area contributed by atoms with Crippen molar-refractivity contribution in [2.45, 2.75) is 45.3 Å². The second-order valence-corrected chi connectivity index (χ2v) is 9.98. The summed E-state index contributed by atoms with van der Waals surface area (Å²) < 4.78 is 45.5. The molecule has 6 nitrogen and oxygen atoms in total. The van der Waals surface area contributed by atoms with Crippen molar-refractivity contribution in [1.82, 2.24) is 0 Å². The van der Waals surface area contributed by atoms with E-state index in [9.17, 15) is 18.0 Å². The first kappa shape index (κ1) is 24.1. The predicted molar refractivity (Wildman–Crippen MR) is 135 cm³/mol. The molecule has 3 aromatic rings. The van der Waals surface area contributed by atoms with Crippen LogP contribution in [0.3, 0.4) is 0 Å². The van der Waals surface area contributed by atoms with Crippen LogP contribution in [0.2, 0.25) is 5.02 Å². The van der Waals surface area contributed by atoms with Gasteiger partial charge in [0.2, 0.25) is 0 Å². The minimum absolute atomic E-state index is 0.0426. The van der Waals surface area contributed by atoms with Gasteiger partial charge in [-0.05, 0) is 62.7 Å². The van der Waals surface area contributed by atoms with Crippen molar-refractivity contribution in [1.29, 1.82) is 0 Å². The van der Waals surface area contributed by atoms with Crippen LogP contribution in [0, 0.1) is 6.92 Å². The van der Waals surface area contributed by atoms with Crippen molar-refractivity contribution < 1.29 is 22.7 Å². The zero-order valence-corrected chi connectivity index (χ0v) is 20.5. The molecule has 0 fully saturated rings. The minimum Gasteiger partial charge on any atom is -0.486 e. The number of halogens is 4. The van der Waals surface area contributed by atoms with Crippen LogP contribution in [0.1, 0.15) is 40.9 Å². The van der Waals surface area contributed by atoms with Crippen LogP contribution < -0.4 is 26.0 Å². The Kier molecular flexibility index (Phi) is 5.70. The quantitative estimate of drug-likeness (QED) is 0.304. The number of fused-ring (bicyclic) bond motifs is 3. The third-order valence-corrected chi connectivity index (χ3v) is 6.39. The van der Waals surface area contributed by atoms with Gasteiger partial charge in [0, 0.05) is 17.7 Å². The molecule has 3 aromatic carbocycles. The van der Waals surface area contributed by atoms with Gasteiger partial charge in [-0.2, -0.15) is 13.2 Å². The van der Waals surface area contributed by atoms with E-state index in [1.54, 1.807) is 6.07 Å². The molecule has 1 unspecified atom stereocenters. The largest absolute Gasteiger partial charge is 0.486 e. The average Bonchev–Trinajstić information content (AvgIpc) is 3.34. The van der Waals surface area contributed by atoms with Crippen molar-refractivity contribution in [3.63, 3.8) is 0 Å². The second kappa shape index (κ2) is 8.51. The molecule has 0 bridgehead atoms. The van der Waals surface area contributed by atoms with Crippen LogP contribution >= 0.6 is 11.6 Å². The summed E-state index contributed by atoms with van der Waals surface area (Å²) >= 11 is 6.34. The number of hydrogen-bond acceptors (Lipinski definition) is 5. The summed E-state index contributed by atoms with van der Waals surface area (Å²) in [6.07, 6.45) is -4.38. The fourth-order valence-corrected chi connectivity index (χ4v) is 4.65. The van der Waals surface area contributed by atoms with Gasteiger partial charge >= 0.3 is 6.18 Å². The highest BCUT2D eigenvalue weighted by molar-refractivity contribution is 6.33. The van der Waals surface area contributed by atoms with Gasteiger partial charge in [-0.25, -0.2) is 0 Å². The first-order valence-electron chi connectivity index (χ1n) is 11.3. The Morgan fingerprint density at radius 1 is 1.14 bits per heavy atom. The molecule has 188 valence electrons. The van der Waals surface area contributed by atoms with Gasteiger partial charge < -0.3 is 26.0 Å². The molecule has 5 rings (SSSR count). The zero-order valence-electron chi connectivity index (χ0n) is 19.7. The van der Waals surface area contributed by atoms with E-state index >= 15 is 0 Å².